The lowest BCUT2D eigenvalue weighted by Crippen LogP contribution is -2.27. The molecule has 0 aromatic carbocycles. The van der Waals surface area contributed by atoms with Crippen LogP contribution in [0.25, 0.3) is 0 Å². The van der Waals surface area contributed by atoms with Crippen LogP contribution in [0.3, 0.4) is 0 Å². The highest BCUT2D eigenvalue weighted by molar-refractivity contribution is 6.25. The predicted octanol–water partition coefficient (Wildman–Crippen LogP) is 2.99. The molecule has 0 rings (SSSR count). The van der Waals surface area contributed by atoms with E-state index in [1.807, 2.05) is 20.8 Å². The molecule has 0 bridgehead atoms. The SMILES string of the molecule is [B]C(CC(C)(C)C)C(=O)C(C)(C)C. The van der Waals surface area contributed by atoms with Crippen molar-refractivity contribution >= 4 is 13.6 Å². The first-order chi connectivity index (χ1) is 5.54. The number of hydrogen-bond donors (Lipinski definition) is 0. The summed E-state index contributed by atoms with van der Waals surface area (Å²) in [6, 6.07) is 0. The Kier molecular flexibility index (Phi) is 3.77. The summed E-state index contributed by atoms with van der Waals surface area (Å²) in [6.45, 7) is 12.0. The predicted molar refractivity (Wildman–Crippen MR) is 58.0 cm³/mol. The molecule has 0 fully saturated rings. The number of rotatable bonds is 2. The highest BCUT2D eigenvalue weighted by Crippen LogP contribution is 2.31. The van der Waals surface area contributed by atoms with Gasteiger partial charge < -0.3 is 0 Å². The van der Waals surface area contributed by atoms with E-state index in [0.717, 1.165) is 6.42 Å². The highest BCUT2D eigenvalue weighted by atomic mass is 16.1. The van der Waals surface area contributed by atoms with Crippen LogP contribution >= 0.6 is 0 Å². The van der Waals surface area contributed by atoms with E-state index < -0.39 is 0 Å². The topological polar surface area (TPSA) is 17.1 Å². The van der Waals surface area contributed by atoms with Crippen molar-refractivity contribution in [3.63, 3.8) is 0 Å². The zero-order valence-electron chi connectivity index (χ0n) is 9.77. The number of ketones is 1. The zero-order chi connectivity index (χ0) is 10.9. The van der Waals surface area contributed by atoms with Crippen LogP contribution in [0, 0.1) is 10.8 Å². The van der Waals surface area contributed by atoms with Gasteiger partial charge in [0.15, 0.2) is 0 Å². The van der Waals surface area contributed by atoms with E-state index in [0.29, 0.717) is 0 Å². The molecule has 0 amide bonds. The standard InChI is InChI=1S/C11H21BO/c1-10(2,3)7-8(12)9(13)11(4,5)6/h8H,7H2,1-6H3. The van der Waals surface area contributed by atoms with Crippen molar-refractivity contribution in [2.45, 2.75) is 53.8 Å². The Bertz CT molecular complexity index is 183. The monoisotopic (exact) mass is 180 g/mol. The molecule has 0 aromatic heterocycles. The molecule has 2 radical (unpaired) electrons. The average molecular weight is 180 g/mol. The lowest BCUT2D eigenvalue weighted by Gasteiger charge is -2.27. The maximum absolute atomic E-state index is 11.7. The Morgan fingerprint density at radius 2 is 1.54 bits per heavy atom. The maximum atomic E-state index is 11.7. The minimum atomic E-state index is -0.319. The fourth-order valence-electron chi connectivity index (χ4n) is 1.31. The normalized spacial score (nSPS) is 15.5. The molecular weight excluding hydrogens is 159 g/mol. The second kappa shape index (κ2) is 3.85. The quantitative estimate of drug-likeness (QED) is 0.597. The Labute approximate surface area is 83.7 Å². The van der Waals surface area contributed by atoms with Crippen LogP contribution < -0.4 is 0 Å². The zero-order valence-corrected chi connectivity index (χ0v) is 9.77. The summed E-state index contributed by atoms with van der Waals surface area (Å²) in [5, 5.41) is 0. The molecular formula is C11H21BO. The maximum Gasteiger partial charge on any atom is 0.132 e. The van der Waals surface area contributed by atoms with Gasteiger partial charge in [-0.3, -0.25) is 4.79 Å². The highest BCUT2D eigenvalue weighted by Gasteiger charge is 2.28. The molecule has 1 unspecified atom stereocenters. The largest absolute Gasteiger partial charge is 0.300 e. The molecule has 74 valence electrons. The lowest BCUT2D eigenvalue weighted by molar-refractivity contribution is -0.126. The summed E-state index contributed by atoms with van der Waals surface area (Å²) >= 11 is 0. The summed E-state index contributed by atoms with van der Waals surface area (Å²) in [6.07, 6.45) is 0.753. The van der Waals surface area contributed by atoms with Crippen LogP contribution in [0.1, 0.15) is 48.0 Å². The van der Waals surface area contributed by atoms with Crippen molar-refractivity contribution < 1.29 is 4.79 Å². The van der Waals surface area contributed by atoms with Crippen molar-refractivity contribution in [1.29, 1.82) is 0 Å². The van der Waals surface area contributed by atoms with Gasteiger partial charge >= 0.3 is 0 Å². The fourth-order valence-corrected chi connectivity index (χ4v) is 1.31. The average Bonchev–Trinajstić information content (AvgIpc) is 1.79. The molecule has 0 saturated carbocycles. The van der Waals surface area contributed by atoms with E-state index in [2.05, 4.69) is 20.8 Å². The van der Waals surface area contributed by atoms with Crippen LogP contribution in [-0.2, 0) is 4.79 Å². The smallest absolute Gasteiger partial charge is 0.132 e. The van der Waals surface area contributed by atoms with Gasteiger partial charge in [0.2, 0.25) is 0 Å². The van der Waals surface area contributed by atoms with Gasteiger partial charge in [0.1, 0.15) is 5.78 Å². The third-order valence-electron chi connectivity index (χ3n) is 1.91. The Morgan fingerprint density at radius 1 is 1.15 bits per heavy atom. The molecule has 0 spiro atoms. The number of carbonyl (C=O) groups is 1. The van der Waals surface area contributed by atoms with Gasteiger partial charge in [0.05, 0.1) is 7.85 Å². The van der Waals surface area contributed by atoms with Gasteiger partial charge in [-0.2, -0.15) is 0 Å². The summed E-state index contributed by atoms with van der Waals surface area (Å²) in [5.41, 5.74) is -0.189. The van der Waals surface area contributed by atoms with Gasteiger partial charge in [0, 0.05) is 5.41 Å². The molecule has 1 nitrogen and oxygen atoms in total. The van der Waals surface area contributed by atoms with Crippen molar-refractivity contribution in [2.75, 3.05) is 0 Å². The summed E-state index contributed by atoms with van der Waals surface area (Å²) < 4.78 is 0. The molecule has 0 aliphatic rings. The Balaban J connectivity index is 4.30. The van der Waals surface area contributed by atoms with Gasteiger partial charge in [0.25, 0.3) is 0 Å². The third kappa shape index (κ3) is 5.12. The first-order valence-electron chi connectivity index (χ1n) is 4.84. The Morgan fingerprint density at radius 3 is 1.77 bits per heavy atom. The molecule has 0 aliphatic heterocycles. The number of carbonyl (C=O) groups excluding carboxylic acids is 1. The molecule has 0 N–H and O–H groups in total. The van der Waals surface area contributed by atoms with E-state index in [4.69, 9.17) is 7.85 Å². The van der Waals surface area contributed by atoms with Crippen molar-refractivity contribution in [3.05, 3.63) is 0 Å². The fraction of sp³-hybridized carbons (Fsp3) is 0.909. The molecule has 1 atom stereocenters. The molecule has 2 heteroatoms. The van der Waals surface area contributed by atoms with Crippen LogP contribution in [0.2, 0.25) is 5.82 Å². The van der Waals surface area contributed by atoms with Crippen LogP contribution in [0.15, 0.2) is 0 Å². The van der Waals surface area contributed by atoms with Crippen LogP contribution in [0.5, 0.6) is 0 Å². The van der Waals surface area contributed by atoms with Gasteiger partial charge in [-0.25, -0.2) is 0 Å². The second-order valence-corrected chi connectivity index (χ2v) is 5.99. The summed E-state index contributed by atoms with van der Waals surface area (Å²) in [4.78, 5) is 11.7. The van der Waals surface area contributed by atoms with Crippen molar-refractivity contribution in [2.24, 2.45) is 10.8 Å². The molecule has 13 heavy (non-hydrogen) atoms. The van der Waals surface area contributed by atoms with Gasteiger partial charge in [-0.05, 0) is 17.7 Å². The third-order valence-corrected chi connectivity index (χ3v) is 1.91. The second-order valence-electron chi connectivity index (χ2n) is 5.99. The summed E-state index contributed by atoms with van der Waals surface area (Å²) in [7, 11) is 5.84. The van der Waals surface area contributed by atoms with E-state index in [9.17, 15) is 4.79 Å². The van der Waals surface area contributed by atoms with Crippen molar-refractivity contribution in [1.82, 2.24) is 0 Å². The lowest BCUT2D eigenvalue weighted by atomic mass is 9.67. The minimum absolute atomic E-state index is 0.125. The number of Topliss-reactive ketones (excluding diaryl/α,β-unsaturated/α-hetero) is 1. The van der Waals surface area contributed by atoms with Gasteiger partial charge in [-0.15, -0.1) is 0 Å². The van der Waals surface area contributed by atoms with Crippen molar-refractivity contribution in [3.8, 4) is 0 Å². The first-order valence-corrected chi connectivity index (χ1v) is 4.84. The van der Waals surface area contributed by atoms with Gasteiger partial charge in [-0.1, -0.05) is 41.5 Å². The first kappa shape index (κ1) is 12.7. The summed E-state index contributed by atoms with van der Waals surface area (Å²) in [5.74, 6) is -0.164. The Hall–Kier alpha value is -0.265. The molecule has 0 saturated heterocycles. The van der Waals surface area contributed by atoms with E-state index >= 15 is 0 Å². The molecule has 0 heterocycles. The van der Waals surface area contributed by atoms with E-state index in [1.165, 1.54) is 0 Å². The molecule has 0 aromatic rings. The van der Waals surface area contributed by atoms with E-state index in [1.54, 1.807) is 0 Å². The van der Waals surface area contributed by atoms with E-state index in [-0.39, 0.29) is 22.4 Å². The minimum Gasteiger partial charge on any atom is -0.300 e. The number of hydrogen-bond acceptors (Lipinski definition) is 1. The van der Waals surface area contributed by atoms with Crippen LogP contribution in [-0.4, -0.2) is 13.6 Å². The van der Waals surface area contributed by atoms with Crippen LogP contribution in [0.4, 0.5) is 0 Å². The molecule has 0 aliphatic carbocycles.